The number of rotatable bonds is 2. The first-order valence-corrected chi connectivity index (χ1v) is 6.02. The molecule has 1 fully saturated rings. The lowest BCUT2D eigenvalue weighted by atomic mass is 9.93. The quantitative estimate of drug-likeness (QED) is 0.872. The maximum absolute atomic E-state index is 12.2. The number of aromatic carboxylic acids is 1. The van der Waals surface area contributed by atoms with Gasteiger partial charge in [-0.3, -0.25) is 4.79 Å². The van der Waals surface area contributed by atoms with Gasteiger partial charge in [0.15, 0.2) is 0 Å². The first-order valence-electron chi connectivity index (χ1n) is 6.02. The van der Waals surface area contributed by atoms with E-state index in [4.69, 9.17) is 5.11 Å². The third-order valence-electron chi connectivity index (χ3n) is 3.34. The molecular formula is C14H17NO3. The zero-order chi connectivity index (χ0) is 13.3. The fourth-order valence-corrected chi connectivity index (χ4v) is 2.22. The topological polar surface area (TPSA) is 57.6 Å². The number of hydrogen-bond donors (Lipinski definition) is 1. The molecule has 1 heterocycles. The summed E-state index contributed by atoms with van der Waals surface area (Å²) in [7, 11) is 0. The zero-order valence-corrected chi connectivity index (χ0v) is 10.6. The molecule has 0 saturated carbocycles. The first kappa shape index (κ1) is 12.6. The van der Waals surface area contributed by atoms with Crippen LogP contribution >= 0.6 is 0 Å². The molecule has 0 atom stereocenters. The van der Waals surface area contributed by atoms with Crippen LogP contribution in [0.2, 0.25) is 0 Å². The molecule has 1 aliphatic heterocycles. The van der Waals surface area contributed by atoms with E-state index < -0.39 is 5.97 Å². The molecule has 1 aromatic rings. The summed E-state index contributed by atoms with van der Waals surface area (Å²) < 4.78 is 0. The van der Waals surface area contributed by atoms with Crippen molar-refractivity contribution >= 4 is 11.9 Å². The SMILES string of the molecule is CC1(C)CCN(C(=O)c2ccc(C(=O)O)cc2)C1. The second-order valence-corrected chi connectivity index (χ2v) is 5.52. The minimum atomic E-state index is -0.976. The van der Waals surface area contributed by atoms with Crippen LogP contribution in [-0.4, -0.2) is 35.0 Å². The van der Waals surface area contributed by atoms with E-state index in [1.807, 2.05) is 4.90 Å². The average molecular weight is 247 g/mol. The van der Waals surface area contributed by atoms with Gasteiger partial charge >= 0.3 is 5.97 Å². The number of benzene rings is 1. The lowest BCUT2D eigenvalue weighted by Crippen LogP contribution is -2.30. The molecule has 0 aromatic heterocycles. The molecule has 0 spiro atoms. The molecule has 4 heteroatoms. The molecule has 2 rings (SSSR count). The molecule has 0 unspecified atom stereocenters. The molecule has 1 saturated heterocycles. The van der Waals surface area contributed by atoms with E-state index in [9.17, 15) is 9.59 Å². The number of nitrogens with zero attached hydrogens (tertiary/aromatic N) is 1. The molecule has 0 aliphatic carbocycles. The Morgan fingerprint density at radius 3 is 2.17 bits per heavy atom. The van der Waals surface area contributed by atoms with Crippen LogP contribution in [0.15, 0.2) is 24.3 Å². The van der Waals surface area contributed by atoms with Gasteiger partial charge in [-0.25, -0.2) is 4.79 Å². The monoisotopic (exact) mass is 247 g/mol. The molecule has 18 heavy (non-hydrogen) atoms. The molecule has 1 amide bonds. The van der Waals surface area contributed by atoms with Crippen LogP contribution in [-0.2, 0) is 0 Å². The van der Waals surface area contributed by atoms with E-state index in [1.165, 1.54) is 12.1 Å². The highest BCUT2D eigenvalue weighted by Crippen LogP contribution is 2.29. The molecule has 0 bridgehead atoms. The number of carboxylic acids is 1. The number of amides is 1. The van der Waals surface area contributed by atoms with Crippen molar-refractivity contribution in [1.29, 1.82) is 0 Å². The minimum Gasteiger partial charge on any atom is -0.478 e. The normalized spacial score (nSPS) is 17.8. The van der Waals surface area contributed by atoms with Crippen LogP contribution in [0.4, 0.5) is 0 Å². The van der Waals surface area contributed by atoms with Gasteiger partial charge in [-0.2, -0.15) is 0 Å². The molecule has 0 radical (unpaired) electrons. The fraction of sp³-hybridized carbons (Fsp3) is 0.429. The van der Waals surface area contributed by atoms with Gasteiger partial charge in [-0.1, -0.05) is 13.8 Å². The van der Waals surface area contributed by atoms with E-state index in [0.29, 0.717) is 5.56 Å². The van der Waals surface area contributed by atoms with E-state index in [-0.39, 0.29) is 16.9 Å². The average Bonchev–Trinajstić information content (AvgIpc) is 2.69. The van der Waals surface area contributed by atoms with Gasteiger partial charge in [0, 0.05) is 18.7 Å². The molecule has 1 aromatic carbocycles. The summed E-state index contributed by atoms with van der Waals surface area (Å²) >= 11 is 0. The largest absolute Gasteiger partial charge is 0.478 e. The van der Waals surface area contributed by atoms with E-state index in [2.05, 4.69) is 13.8 Å². The Labute approximate surface area is 106 Å². The number of carboxylic acid groups (broad SMARTS) is 1. The summed E-state index contributed by atoms with van der Waals surface area (Å²) in [6, 6.07) is 6.10. The third kappa shape index (κ3) is 2.53. The summed E-state index contributed by atoms with van der Waals surface area (Å²) in [6.45, 7) is 5.82. The van der Waals surface area contributed by atoms with Crippen molar-refractivity contribution in [2.45, 2.75) is 20.3 Å². The third-order valence-corrected chi connectivity index (χ3v) is 3.34. The van der Waals surface area contributed by atoms with E-state index >= 15 is 0 Å². The summed E-state index contributed by atoms with van der Waals surface area (Å²) in [4.78, 5) is 24.8. The van der Waals surface area contributed by atoms with Crippen molar-refractivity contribution in [3.8, 4) is 0 Å². The zero-order valence-electron chi connectivity index (χ0n) is 10.6. The van der Waals surface area contributed by atoms with Gasteiger partial charge in [0.2, 0.25) is 0 Å². The maximum Gasteiger partial charge on any atom is 0.335 e. The molecule has 96 valence electrons. The number of carbonyl (C=O) groups excluding carboxylic acids is 1. The number of likely N-dealkylation sites (tertiary alicyclic amines) is 1. The predicted octanol–water partition coefficient (Wildman–Crippen LogP) is 2.26. The number of hydrogen-bond acceptors (Lipinski definition) is 2. The summed E-state index contributed by atoms with van der Waals surface area (Å²) in [5.41, 5.74) is 0.933. The predicted molar refractivity (Wildman–Crippen MR) is 67.7 cm³/mol. The van der Waals surface area contributed by atoms with Gasteiger partial charge in [0.05, 0.1) is 5.56 Å². The van der Waals surface area contributed by atoms with E-state index in [0.717, 1.165) is 19.5 Å². The van der Waals surface area contributed by atoms with Crippen LogP contribution in [0.25, 0.3) is 0 Å². The van der Waals surface area contributed by atoms with Crippen LogP contribution in [0.5, 0.6) is 0 Å². The maximum atomic E-state index is 12.2. The number of carbonyl (C=O) groups is 2. The second-order valence-electron chi connectivity index (χ2n) is 5.52. The highest BCUT2D eigenvalue weighted by Gasteiger charge is 2.32. The standard InChI is InChI=1S/C14H17NO3/c1-14(2)7-8-15(9-14)12(16)10-3-5-11(6-4-10)13(17)18/h3-6H,7-9H2,1-2H3,(H,17,18). The fourth-order valence-electron chi connectivity index (χ4n) is 2.22. The molecule has 1 aliphatic rings. The molecular weight excluding hydrogens is 230 g/mol. The Kier molecular flexibility index (Phi) is 3.11. The van der Waals surface area contributed by atoms with Gasteiger partial charge in [-0.15, -0.1) is 0 Å². The lowest BCUT2D eigenvalue weighted by molar-refractivity contribution is 0.0695. The Morgan fingerprint density at radius 2 is 1.72 bits per heavy atom. The van der Waals surface area contributed by atoms with Crippen LogP contribution in [0.1, 0.15) is 41.0 Å². The highest BCUT2D eigenvalue weighted by atomic mass is 16.4. The van der Waals surface area contributed by atoms with Crippen molar-refractivity contribution in [1.82, 2.24) is 4.90 Å². The van der Waals surface area contributed by atoms with Crippen LogP contribution in [0.3, 0.4) is 0 Å². The van der Waals surface area contributed by atoms with Crippen molar-refractivity contribution in [2.24, 2.45) is 5.41 Å². The molecule has 4 nitrogen and oxygen atoms in total. The van der Waals surface area contributed by atoms with Crippen LogP contribution < -0.4 is 0 Å². The Bertz CT molecular complexity index is 476. The van der Waals surface area contributed by atoms with Crippen LogP contribution in [0, 0.1) is 5.41 Å². The van der Waals surface area contributed by atoms with Crippen molar-refractivity contribution in [3.05, 3.63) is 35.4 Å². The first-order chi connectivity index (χ1) is 8.39. The smallest absolute Gasteiger partial charge is 0.335 e. The Morgan fingerprint density at radius 1 is 1.17 bits per heavy atom. The summed E-state index contributed by atoms with van der Waals surface area (Å²) in [5.74, 6) is -0.992. The minimum absolute atomic E-state index is 0.0162. The van der Waals surface area contributed by atoms with Crippen molar-refractivity contribution < 1.29 is 14.7 Å². The van der Waals surface area contributed by atoms with Gasteiger partial charge in [0.1, 0.15) is 0 Å². The lowest BCUT2D eigenvalue weighted by Gasteiger charge is -2.19. The second kappa shape index (κ2) is 4.44. The van der Waals surface area contributed by atoms with Gasteiger partial charge < -0.3 is 10.0 Å². The summed E-state index contributed by atoms with van der Waals surface area (Å²) in [6.07, 6.45) is 1.01. The van der Waals surface area contributed by atoms with Crippen molar-refractivity contribution in [3.63, 3.8) is 0 Å². The van der Waals surface area contributed by atoms with Crippen molar-refractivity contribution in [2.75, 3.05) is 13.1 Å². The van der Waals surface area contributed by atoms with E-state index in [1.54, 1.807) is 12.1 Å². The molecule has 1 N–H and O–H groups in total. The Hall–Kier alpha value is -1.84. The highest BCUT2D eigenvalue weighted by molar-refractivity contribution is 5.96. The van der Waals surface area contributed by atoms with Gasteiger partial charge in [-0.05, 0) is 36.1 Å². The summed E-state index contributed by atoms with van der Waals surface area (Å²) in [5, 5.41) is 8.80. The Balaban J connectivity index is 2.12. The van der Waals surface area contributed by atoms with Gasteiger partial charge in [0.25, 0.3) is 5.91 Å².